The zero-order chi connectivity index (χ0) is 19.4. The van der Waals surface area contributed by atoms with Crippen LogP contribution in [0.15, 0.2) is 60.8 Å². The molecule has 1 heterocycles. The summed E-state index contributed by atoms with van der Waals surface area (Å²) in [5, 5.41) is 5.64. The van der Waals surface area contributed by atoms with Crippen molar-refractivity contribution in [2.24, 2.45) is 0 Å². The molecule has 0 aliphatic rings. The monoisotopic (exact) mass is 383 g/mol. The van der Waals surface area contributed by atoms with Crippen molar-refractivity contribution in [1.29, 1.82) is 0 Å². The van der Waals surface area contributed by atoms with Crippen molar-refractivity contribution in [3.05, 3.63) is 77.2 Å². The Morgan fingerprint density at radius 3 is 2.26 bits per heavy atom. The summed E-state index contributed by atoms with van der Waals surface area (Å²) in [5.74, 6) is -1.24. The summed E-state index contributed by atoms with van der Waals surface area (Å²) in [6, 6.07) is 14.0. The minimum atomic E-state index is -0.593. The maximum Gasteiger partial charge on any atom is 0.255 e. The quantitative estimate of drug-likeness (QED) is 0.682. The standard InChI is InChI=1S/C20H15ClFN3O2/c1-12(26)24-14-5-7-15(8-6-14)25-20(27)13-4-9-16(18(22)11-13)19-17(21)3-2-10-23-19/h2-11H,1H3,(H,24,26)(H,25,27). The van der Waals surface area contributed by atoms with Gasteiger partial charge in [0, 0.05) is 35.6 Å². The summed E-state index contributed by atoms with van der Waals surface area (Å²) >= 11 is 6.05. The number of halogens is 2. The molecule has 0 aliphatic carbocycles. The fourth-order valence-electron chi connectivity index (χ4n) is 2.48. The lowest BCUT2D eigenvalue weighted by Crippen LogP contribution is -2.12. The number of anilines is 2. The summed E-state index contributed by atoms with van der Waals surface area (Å²) < 4.78 is 14.5. The van der Waals surface area contributed by atoms with Crippen LogP contribution in [-0.4, -0.2) is 16.8 Å². The van der Waals surface area contributed by atoms with Gasteiger partial charge in [-0.15, -0.1) is 0 Å². The number of nitrogens with one attached hydrogen (secondary N) is 2. The third-order valence-electron chi connectivity index (χ3n) is 3.71. The average Bonchev–Trinajstić information content (AvgIpc) is 2.63. The molecule has 2 N–H and O–H groups in total. The van der Waals surface area contributed by atoms with Crippen LogP contribution in [0.25, 0.3) is 11.3 Å². The lowest BCUT2D eigenvalue weighted by molar-refractivity contribution is -0.114. The molecule has 0 spiro atoms. The first kappa shape index (κ1) is 18.5. The Hall–Kier alpha value is -3.25. The highest BCUT2D eigenvalue weighted by Crippen LogP contribution is 2.28. The minimum absolute atomic E-state index is 0.161. The van der Waals surface area contributed by atoms with Crippen LogP contribution >= 0.6 is 11.6 Å². The smallest absolute Gasteiger partial charge is 0.255 e. The molecule has 0 fully saturated rings. The molecule has 1 aromatic heterocycles. The van der Waals surface area contributed by atoms with Crippen LogP contribution in [-0.2, 0) is 4.79 Å². The van der Waals surface area contributed by atoms with Gasteiger partial charge in [-0.25, -0.2) is 4.39 Å². The van der Waals surface area contributed by atoms with Crippen molar-refractivity contribution in [3.63, 3.8) is 0 Å². The Morgan fingerprint density at radius 1 is 1.00 bits per heavy atom. The maximum absolute atomic E-state index is 14.5. The number of nitrogens with zero attached hydrogens (tertiary/aromatic N) is 1. The van der Waals surface area contributed by atoms with E-state index in [1.807, 2.05) is 0 Å². The maximum atomic E-state index is 14.5. The van der Waals surface area contributed by atoms with Gasteiger partial charge in [-0.2, -0.15) is 0 Å². The van der Waals surface area contributed by atoms with Gasteiger partial charge in [0.1, 0.15) is 5.82 Å². The molecule has 0 saturated carbocycles. The molecule has 0 aliphatic heterocycles. The fourth-order valence-corrected chi connectivity index (χ4v) is 2.70. The molecule has 3 rings (SSSR count). The van der Waals surface area contributed by atoms with E-state index in [0.717, 1.165) is 6.07 Å². The van der Waals surface area contributed by atoms with Crippen molar-refractivity contribution >= 4 is 34.8 Å². The third kappa shape index (κ3) is 4.48. The van der Waals surface area contributed by atoms with Gasteiger partial charge in [0.25, 0.3) is 5.91 Å². The van der Waals surface area contributed by atoms with E-state index in [1.165, 1.54) is 25.3 Å². The van der Waals surface area contributed by atoms with Crippen molar-refractivity contribution in [1.82, 2.24) is 4.98 Å². The zero-order valence-electron chi connectivity index (χ0n) is 14.3. The SMILES string of the molecule is CC(=O)Nc1ccc(NC(=O)c2ccc(-c3ncccc3Cl)c(F)c2)cc1. The number of aromatic nitrogens is 1. The predicted molar refractivity (Wildman–Crippen MR) is 103 cm³/mol. The summed E-state index contributed by atoms with van der Waals surface area (Å²) in [4.78, 5) is 27.4. The first-order valence-electron chi connectivity index (χ1n) is 8.03. The van der Waals surface area contributed by atoms with Crippen molar-refractivity contribution in [3.8, 4) is 11.3 Å². The van der Waals surface area contributed by atoms with E-state index in [9.17, 15) is 14.0 Å². The molecule has 0 radical (unpaired) electrons. The first-order valence-corrected chi connectivity index (χ1v) is 8.41. The zero-order valence-corrected chi connectivity index (χ0v) is 15.0. The molecule has 5 nitrogen and oxygen atoms in total. The Bertz CT molecular complexity index is 1010. The third-order valence-corrected chi connectivity index (χ3v) is 4.01. The first-order chi connectivity index (χ1) is 12.9. The highest BCUT2D eigenvalue weighted by atomic mass is 35.5. The molecule has 0 bridgehead atoms. The molecular formula is C20H15ClFN3O2. The topological polar surface area (TPSA) is 71.1 Å². The number of rotatable bonds is 4. The Morgan fingerprint density at radius 2 is 1.67 bits per heavy atom. The van der Waals surface area contributed by atoms with Crippen molar-refractivity contribution in [2.75, 3.05) is 10.6 Å². The normalized spacial score (nSPS) is 10.3. The van der Waals surface area contributed by atoms with Gasteiger partial charge < -0.3 is 10.6 Å². The molecule has 0 unspecified atom stereocenters. The van der Waals surface area contributed by atoms with E-state index in [1.54, 1.807) is 36.4 Å². The molecule has 0 atom stereocenters. The van der Waals surface area contributed by atoms with Crippen LogP contribution in [0.5, 0.6) is 0 Å². The average molecular weight is 384 g/mol. The van der Waals surface area contributed by atoms with Crippen LogP contribution in [0.1, 0.15) is 17.3 Å². The number of hydrogen-bond acceptors (Lipinski definition) is 3. The largest absolute Gasteiger partial charge is 0.326 e. The van der Waals surface area contributed by atoms with Crippen LogP contribution < -0.4 is 10.6 Å². The van der Waals surface area contributed by atoms with E-state index in [2.05, 4.69) is 15.6 Å². The summed E-state index contributed by atoms with van der Waals surface area (Å²) in [7, 11) is 0. The molecule has 136 valence electrons. The second-order valence-electron chi connectivity index (χ2n) is 5.74. The highest BCUT2D eigenvalue weighted by molar-refractivity contribution is 6.33. The molecule has 7 heteroatoms. The van der Waals surface area contributed by atoms with Gasteiger partial charge in [0.05, 0.1) is 10.7 Å². The van der Waals surface area contributed by atoms with Gasteiger partial charge in [0.2, 0.25) is 5.91 Å². The molecule has 3 aromatic rings. The van der Waals surface area contributed by atoms with E-state index >= 15 is 0 Å². The Kier molecular flexibility index (Phi) is 5.47. The molecule has 27 heavy (non-hydrogen) atoms. The summed E-state index contributed by atoms with van der Waals surface area (Å²) in [5.41, 5.74) is 1.83. The van der Waals surface area contributed by atoms with Crippen LogP contribution in [0.2, 0.25) is 5.02 Å². The number of benzene rings is 2. The Balaban J connectivity index is 1.77. The van der Waals surface area contributed by atoms with Crippen LogP contribution in [0.4, 0.5) is 15.8 Å². The van der Waals surface area contributed by atoms with Crippen molar-refractivity contribution < 1.29 is 14.0 Å². The summed E-state index contributed by atoms with van der Waals surface area (Å²) in [6.45, 7) is 1.41. The van der Waals surface area contributed by atoms with Gasteiger partial charge in [-0.3, -0.25) is 14.6 Å². The fraction of sp³-hybridized carbons (Fsp3) is 0.0500. The number of amides is 2. The van der Waals surface area contributed by atoms with E-state index in [4.69, 9.17) is 11.6 Å². The Labute approximate surface area is 160 Å². The lowest BCUT2D eigenvalue weighted by atomic mass is 10.1. The molecule has 0 saturated heterocycles. The van der Waals surface area contributed by atoms with E-state index in [0.29, 0.717) is 22.1 Å². The van der Waals surface area contributed by atoms with Crippen LogP contribution in [0.3, 0.4) is 0 Å². The van der Waals surface area contributed by atoms with Gasteiger partial charge in [0.15, 0.2) is 0 Å². The van der Waals surface area contributed by atoms with Gasteiger partial charge in [-0.05, 0) is 54.6 Å². The number of carbonyl (C=O) groups excluding carboxylic acids is 2. The summed E-state index contributed by atoms with van der Waals surface area (Å²) in [6.07, 6.45) is 1.52. The van der Waals surface area contributed by atoms with Crippen LogP contribution in [0, 0.1) is 5.82 Å². The molecule has 2 aromatic carbocycles. The van der Waals surface area contributed by atoms with E-state index in [-0.39, 0.29) is 17.0 Å². The molecular weight excluding hydrogens is 369 g/mol. The lowest BCUT2D eigenvalue weighted by Gasteiger charge is -2.09. The van der Waals surface area contributed by atoms with Gasteiger partial charge in [-0.1, -0.05) is 11.6 Å². The number of carbonyl (C=O) groups is 2. The molecule has 2 amide bonds. The highest BCUT2D eigenvalue weighted by Gasteiger charge is 2.14. The predicted octanol–water partition coefficient (Wildman–Crippen LogP) is 4.75. The van der Waals surface area contributed by atoms with E-state index < -0.39 is 11.7 Å². The second-order valence-corrected chi connectivity index (χ2v) is 6.15. The van der Waals surface area contributed by atoms with Crippen molar-refractivity contribution in [2.45, 2.75) is 6.92 Å². The number of pyridine rings is 1. The van der Waals surface area contributed by atoms with Gasteiger partial charge >= 0.3 is 0 Å². The number of hydrogen-bond donors (Lipinski definition) is 2. The minimum Gasteiger partial charge on any atom is -0.326 e. The second kappa shape index (κ2) is 7.97.